The van der Waals surface area contributed by atoms with E-state index < -0.39 is 5.97 Å². The van der Waals surface area contributed by atoms with Crippen molar-refractivity contribution in [3.05, 3.63) is 36.5 Å². The van der Waals surface area contributed by atoms with Crippen molar-refractivity contribution in [3.63, 3.8) is 0 Å². The van der Waals surface area contributed by atoms with Crippen molar-refractivity contribution < 1.29 is 20.1 Å². The highest BCUT2D eigenvalue weighted by Gasteiger charge is 2.17. The van der Waals surface area contributed by atoms with Crippen LogP contribution in [0.2, 0.25) is 0 Å². The van der Waals surface area contributed by atoms with Gasteiger partial charge in [0.25, 0.3) is 0 Å². The minimum Gasteiger partial charge on any atom is -0.494 e. The molecule has 21 heavy (non-hydrogen) atoms. The Morgan fingerprint density at radius 3 is 2.52 bits per heavy atom. The Bertz CT molecular complexity index is 581. The summed E-state index contributed by atoms with van der Waals surface area (Å²) >= 11 is 1.43. The van der Waals surface area contributed by atoms with E-state index in [1.807, 2.05) is 12.1 Å². The molecule has 2 rings (SSSR count). The first-order chi connectivity index (χ1) is 10.1. The highest BCUT2D eigenvalue weighted by molar-refractivity contribution is 7.99. The Morgan fingerprint density at radius 2 is 1.95 bits per heavy atom. The van der Waals surface area contributed by atoms with Gasteiger partial charge in [-0.25, -0.2) is 4.98 Å². The number of carbonyl (C=O) groups is 1. The van der Waals surface area contributed by atoms with Gasteiger partial charge in [-0.3, -0.25) is 9.36 Å². The minimum absolute atomic E-state index is 0.0211. The second-order valence-electron chi connectivity index (χ2n) is 4.50. The summed E-state index contributed by atoms with van der Waals surface area (Å²) in [5.74, 6) is -0.966. The molecule has 2 aromatic rings. The van der Waals surface area contributed by atoms with Crippen molar-refractivity contribution in [1.82, 2.24) is 9.55 Å². The molecule has 0 bridgehead atoms. The maximum atomic E-state index is 10.8. The van der Waals surface area contributed by atoms with Gasteiger partial charge in [0.1, 0.15) is 0 Å². The summed E-state index contributed by atoms with van der Waals surface area (Å²) in [6.45, 7) is 0.305. The first kappa shape index (κ1) is 15.2. The molecule has 0 radical (unpaired) electrons. The van der Waals surface area contributed by atoms with E-state index in [4.69, 9.17) is 5.11 Å². The van der Waals surface area contributed by atoms with Gasteiger partial charge in [0.15, 0.2) is 11.8 Å². The highest BCUT2D eigenvalue weighted by Crippen LogP contribution is 2.29. The largest absolute Gasteiger partial charge is 0.494 e. The van der Waals surface area contributed by atoms with Crippen LogP contribution in [0.3, 0.4) is 0 Å². The highest BCUT2D eigenvalue weighted by atomic mass is 32.2. The predicted octanol–water partition coefficient (Wildman–Crippen LogP) is 2.32. The van der Waals surface area contributed by atoms with E-state index in [0.717, 1.165) is 5.03 Å². The van der Waals surface area contributed by atoms with Gasteiger partial charge in [0.05, 0.1) is 5.03 Å². The SMILES string of the molecule is O=C(O)CCC(Cn1c(O)ccc1O)Sc1ccccn1. The minimum atomic E-state index is -0.873. The first-order valence-corrected chi connectivity index (χ1v) is 7.31. The van der Waals surface area contributed by atoms with Crippen LogP contribution in [0.4, 0.5) is 0 Å². The van der Waals surface area contributed by atoms with Gasteiger partial charge in [-0.1, -0.05) is 6.07 Å². The van der Waals surface area contributed by atoms with Gasteiger partial charge >= 0.3 is 5.97 Å². The molecule has 2 heterocycles. The van der Waals surface area contributed by atoms with Crippen LogP contribution in [0.25, 0.3) is 0 Å². The zero-order valence-electron chi connectivity index (χ0n) is 11.2. The molecule has 0 aliphatic rings. The fourth-order valence-electron chi connectivity index (χ4n) is 1.90. The first-order valence-electron chi connectivity index (χ1n) is 6.43. The third-order valence-electron chi connectivity index (χ3n) is 2.93. The lowest BCUT2D eigenvalue weighted by molar-refractivity contribution is -0.137. The fraction of sp³-hybridized carbons (Fsp3) is 0.286. The number of aromatic hydroxyl groups is 2. The Kier molecular flexibility index (Phi) is 5.10. The van der Waals surface area contributed by atoms with Gasteiger partial charge in [0.2, 0.25) is 0 Å². The molecule has 1 atom stereocenters. The van der Waals surface area contributed by atoms with Gasteiger partial charge in [0, 0.05) is 36.5 Å². The lowest BCUT2D eigenvalue weighted by Crippen LogP contribution is -2.14. The van der Waals surface area contributed by atoms with Crippen molar-refractivity contribution in [1.29, 1.82) is 0 Å². The summed E-state index contributed by atoms with van der Waals surface area (Å²) in [6, 6.07) is 8.30. The smallest absolute Gasteiger partial charge is 0.303 e. The van der Waals surface area contributed by atoms with Gasteiger partial charge < -0.3 is 15.3 Å². The molecule has 0 aromatic carbocycles. The Hall–Kier alpha value is -2.15. The second kappa shape index (κ2) is 7.03. The molecule has 0 amide bonds. The van der Waals surface area contributed by atoms with Crippen LogP contribution in [0.1, 0.15) is 12.8 Å². The Labute approximate surface area is 126 Å². The quantitative estimate of drug-likeness (QED) is 0.679. The molecule has 1 unspecified atom stereocenters. The molecule has 6 nitrogen and oxygen atoms in total. The van der Waals surface area contributed by atoms with Crippen LogP contribution in [0, 0.1) is 0 Å². The third kappa shape index (κ3) is 4.42. The summed E-state index contributed by atoms with van der Waals surface area (Å²) in [7, 11) is 0. The number of nitrogens with zero attached hydrogens (tertiary/aromatic N) is 2. The van der Waals surface area contributed by atoms with E-state index in [1.54, 1.807) is 12.3 Å². The Balaban J connectivity index is 2.10. The summed E-state index contributed by atoms with van der Waals surface area (Å²) in [6.07, 6.45) is 2.10. The number of carboxylic acids is 1. The van der Waals surface area contributed by atoms with E-state index in [1.165, 1.54) is 28.5 Å². The van der Waals surface area contributed by atoms with E-state index in [-0.39, 0.29) is 23.4 Å². The van der Waals surface area contributed by atoms with E-state index in [0.29, 0.717) is 13.0 Å². The van der Waals surface area contributed by atoms with Crippen molar-refractivity contribution in [3.8, 4) is 11.8 Å². The number of thioether (sulfide) groups is 1. The predicted molar refractivity (Wildman–Crippen MR) is 78.5 cm³/mol. The second-order valence-corrected chi connectivity index (χ2v) is 5.82. The topological polar surface area (TPSA) is 95.6 Å². The molecule has 112 valence electrons. The normalized spacial score (nSPS) is 12.2. The van der Waals surface area contributed by atoms with E-state index in [2.05, 4.69) is 4.98 Å². The van der Waals surface area contributed by atoms with Gasteiger partial charge in [-0.15, -0.1) is 11.8 Å². The van der Waals surface area contributed by atoms with Crippen molar-refractivity contribution in [2.24, 2.45) is 0 Å². The Morgan fingerprint density at radius 1 is 1.24 bits per heavy atom. The number of carboxylic acid groups (broad SMARTS) is 1. The lowest BCUT2D eigenvalue weighted by atomic mass is 10.2. The number of pyridine rings is 1. The summed E-state index contributed by atoms with van der Waals surface area (Å²) in [5, 5.41) is 28.9. The zero-order valence-corrected chi connectivity index (χ0v) is 12.0. The monoisotopic (exact) mass is 308 g/mol. The van der Waals surface area contributed by atoms with Crippen LogP contribution in [-0.2, 0) is 11.3 Å². The third-order valence-corrected chi connectivity index (χ3v) is 4.13. The summed E-state index contributed by atoms with van der Waals surface area (Å²) in [5.41, 5.74) is 0. The molecular formula is C14H16N2O4S. The van der Waals surface area contributed by atoms with Crippen molar-refractivity contribution in [2.75, 3.05) is 0 Å². The molecule has 0 spiro atoms. The van der Waals surface area contributed by atoms with E-state index >= 15 is 0 Å². The molecule has 0 saturated carbocycles. The van der Waals surface area contributed by atoms with Crippen molar-refractivity contribution in [2.45, 2.75) is 29.7 Å². The maximum absolute atomic E-state index is 10.8. The number of hydrogen-bond acceptors (Lipinski definition) is 5. The number of aliphatic carboxylic acids is 1. The van der Waals surface area contributed by atoms with Gasteiger partial charge in [-0.2, -0.15) is 0 Å². The van der Waals surface area contributed by atoms with E-state index in [9.17, 15) is 15.0 Å². The molecule has 0 aliphatic carbocycles. The summed E-state index contributed by atoms with van der Waals surface area (Å²) < 4.78 is 1.35. The van der Waals surface area contributed by atoms with Crippen molar-refractivity contribution >= 4 is 17.7 Å². The molecule has 3 N–H and O–H groups in total. The standard InChI is InChI=1S/C14H16N2O4S/c17-12-5-6-13(18)16(12)9-10(4-7-14(19)20)21-11-3-1-2-8-15-11/h1-3,5-6,8,10,17-18H,4,7,9H2,(H,19,20). The average molecular weight is 308 g/mol. The summed E-state index contributed by atoms with van der Waals surface area (Å²) in [4.78, 5) is 15.0. The molecule has 0 saturated heterocycles. The zero-order chi connectivity index (χ0) is 15.2. The molecule has 0 aliphatic heterocycles. The van der Waals surface area contributed by atoms with Crippen LogP contribution in [0.15, 0.2) is 41.6 Å². The molecule has 0 fully saturated rings. The van der Waals surface area contributed by atoms with Gasteiger partial charge in [-0.05, 0) is 18.6 Å². The molecule has 7 heteroatoms. The van der Waals surface area contributed by atoms with Crippen LogP contribution >= 0.6 is 11.8 Å². The van der Waals surface area contributed by atoms with Crippen LogP contribution in [-0.4, -0.2) is 36.1 Å². The molecule has 2 aromatic heterocycles. The molecular weight excluding hydrogens is 292 g/mol. The maximum Gasteiger partial charge on any atom is 0.303 e. The number of aromatic nitrogens is 2. The lowest BCUT2D eigenvalue weighted by Gasteiger charge is -2.17. The number of rotatable bonds is 7. The number of hydrogen-bond donors (Lipinski definition) is 3. The van der Waals surface area contributed by atoms with Crippen LogP contribution < -0.4 is 0 Å². The van der Waals surface area contributed by atoms with Crippen LogP contribution in [0.5, 0.6) is 11.8 Å². The average Bonchev–Trinajstić information content (AvgIpc) is 2.77. The fourth-order valence-corrected chi connectivity index (χ4v) is 2.98.